The fraction of sp³-hybridized carbons (Fsp3) is 0.278. The lowest BCUT2D eigenvalue weighted by Gasteiger charge is -2.13. The van der Waals surface area contributed by atoms with Crippen molar-refractivity contribution in [2.24, 2.45) is 0 Å². The number of nitrogens with zero attached hydrogens (tertiary/aromatic N) is 1. The molecule has 8 nitrogen and oxygen atoms in total. The van der Waals surface area contributed by atoms with Crippen molar-refractivity contribution >= 4 is 28.3 Å². The lowest BCUT2D eigenvalue weighted by Crippen LogP contribution is -2.35. The molecule has 0 bridgehead atoms. The van der Waals surface area contributed by atoms with E-state index in [2.05, 4.69) is 22.2 Å². The number of thiazole rings is 1. The van der Waals surface area contributed by atoms with E-state index in [4.69, 9.17) is 14.2 Å². The molecule has 0 unspecified atom stereocenters. The number of aromatic nitrogens is 1. The quantitative estimate of drug-likeness (QED) is 0.528. The molecule has 1 aliphatic heterocycles. The van der Waals surface area contributed by atoms with E-state index in [1.54, 1.807) is 23.6 Å². The van der Waals surface area contributed by atoms with Gasteiger partial charge in [-0.05, 0) is 24.6 Å². The Bertz CT molecular complexity index is 851. The number of nitrogens with one attached hydrogen (secondary N) is 2. The molecule has 1 atom stereocenters. The van der Waals surface area contributed by atoms with Crippen LogP contribution >= 0.6 is 11.3 Å². The average Bonchev–Trinajstić information content (AvgIpc) is 3.33. The van der Waals surface area contributed by atoms with Crippen molar-refractivity contribution in [1.29, 1.82) is 0 Å². The Morgan fingerprint density at radius 1 is 1.41 bits per heavy atom. The Labute approximate surface area is 160 Å². The highest BCUT2D eigenvalue weighted by atomic mass is 32.1. The maximum absolute atomic E-state index is 12.2. The van der Waals surface area contributed by atoms with E-state index < -0.39 is 18.0 Å². The zero-order chi connectivity index (χ0) is 19.2. The monoisotopic (exact) mass is 389 g/mol. The second kappa shape index (κ2) is 8.54. The molecule has 0 radical (unpaired) electrons. The number of fused-ring (bicyclic) bond motifs is 1. The van der Waals surface area contributed by atoms with E-state index in [0.29, 0.717) is 23.2 Å². The van der Waals surface area contributed by atoms with Gasteiger partial charge in [-0.15, -0.1) is 17.9 Å². The van der Waals surface area contributed by atoms with Crippen molar-refractivity contribution in [2.75, 3.05) is 18.7 Å². The fourth-order valence-electron chi connectivity index (χ4n) is 2.27. The number of hydrogen-bond acceptors (Lipinski definition) is 8. The first-order chi connectivity index (χ1) is 13.1. The Hall–Kier alpha value is -3.07. The van der Waals surface area contributed by atoms with Crippen LogP contribution in [0, 0.1) is 0 Å². The second-order valence-electron chi connectivity index (χ2n) is 5.66. The number of carbonyl (C=O) groups excluding carboxylic acids is 2. The first-order valence-electron chi connectivity index (χ1n) is 8.24. The minimum Gasteiger partial charge on any atom is -0.454 e. The molecule has 0 saturated heterocycles. The zero-order valence-electron chi connectivity index (χ0n) is 14.7. The van der Waals surface area contributed by atoms with Crippen LogP contribution in [-0.4, -0.2) is 36.3 Å². The van der Waals surface area contributed by atoms with Gasteiger partial charge >= 0.3 is 5.97 Å². The van der Waals surface area contributed by atoms with E-state index in [9.17, 15) is 9.59 Å². The SMILES string of the molecule is C=CCNc1nc(C(=O)O[C@H](C)C(=O)NCc2ccc3c(c2)OCO3)cs1. The molecule has 142 valence electrons. The summed E-state index contributed by atoms with van der Waals surface area (Å²) in [5, 5.41) is 7.87. The maximum Gasteiger partial charge on any atom is 0.358 e. The summed E-state index contributed by atoms with van der Waals surface area (Å²) < 4.78 is 15.7. The molecule has 27 heavy (non-hydrogen) atoms. The van der Waals surface area contributed by atoms with Gasteiger partial charge in [-0.25, -0.2) is 9.78 Å². The van der Waals surface area contributed by atoms with Crippen LogP contribution in [0.1, 0.15) is 23.0 Å². The number of amides is 1. The van der Waals surface area contributed by atoms with Crippen molar-refractivity contribution in [3.05, 3.63) is 47.5 Å². The van der Waals surface area contributed by atoms with Crippen LogP contribution in [0.3, 0.4) is 0 Å². The Balaban J connectivity index is 1.49. The van der Waals surface area contributed by atoms with Crippen molar-refractivity contribution in [3.63, 3.8) is 0 Å². The molecular weight excluding hydrogens is 370 g/mol. The number of carbonyl (C=O) groups is 2. The van der Waals surface area contributed by atoms with Gasteiger partial charge in [-0.2, -0.15) is 0 Å². The molecule has 3 rings (SSSR count). The minimum absolute atomic E-state index is 0.155. The summed E-state index contributed by atoms with van der Waals surface area (Å²) in [7, 11) is 0. The molecule has 1 aliphatic rings. The van der Waals surface area contributed by atoms with Crippen LogP contribution in [0.5, 0.6) is 11.5 Å². The van der Waals surface area contributed by atoms with Crippen LogP contribution in [0.15, 0.2) is 36.2 Å². The third kappa shape index (κ3) is 4.76. The smallest absolute Gasteiger partial charge is 0.358 e. The molecule has 2 heterocycles. The van der Waals surface area contributed by atoms with Crippen molar-refractivity contribution in [1.82, 2.24) is 10.3 Å². The van der Waals surface area contributed by atoms with E-state index in [1.165, 1.54) is 18.3 Å². The summed E-state index contributed by atoms with van der Waals surface area (Å²) in [5.74, 6) is 0.271. The van der Waals surface area contributed by atoms with Crippen molar-refractivity contribution < 1.29 is 23.8 Å². The van der Waals surface area contributed by atoms with Gasteiger partial charge in [0, 0.05) is 18.5 Å². The van der Waals surface area contributed by atoms with Crippen molar-refractivity contribution in [2.45, 2.75) is 19.6 Å². The first kappa shape index (κ1) is 18.7. The molecule has 9 heteroatoms. The average molecular weight is 389 g/mol. The number of anilines is 1. The molecule has 0 saturated carbocycles. The molecule has 2 N–H and O–H groups in total. The Kier molecular flexibility index (Phi) is 5.92. The number of rotatable bonds is 8. The van der Waals surface area contributed by atoms with Gasteiger partial charge in [-0.1, -0.05) is 12.1 Å². The molecule has 1 amide bonds. The highest BCUT2D eigenvalue weighted by molar-refractivity contribution is 7.13. The third-order valence-corrected chi connectivity index (χ3v) is 4.47. The summed E-state index contributed by atoms with van der Waals surface area (Å²) in [6.07, 6.45) is 0.740. The van der Waals surface area contributed by atoms with Gasteiger partial charge in [0.1, 0.15) is 0 Å². The number of esters is 1. The van der Waals surface area contributed by atoms with Crippen LogP contribution in [0.4, 0.5) is 5.13 Å². The topological polar surface area (TPSA) is 98.8 Å². The molecule has 0 spiro atoms. The molecular formula is C18H19N3O5S. The molecule has 0 aliphatic carbocycles. The van der Waals surface area contributed by atoms with Gasteiger partial charge < -0.3 is 24.8 Å². The van der Waals surface area contributed by atoms with Crippen LogP contribution in [0.2, 0.25) is 0 Å². The van der Waals surface area contributed by atoms with E-state index in [-0.39, 0.29) is 19.0 Å². The van der Waals surface area contributed by atoms with Gasteiger partial charge in [0.05, 0.1) is 0 Å². The molecule has 2 aromatic rings. The molecule has 0 fully saturated rings. The van der Waals surface area contributed by atoms with E-state index in [1.807, 2.05) is 6.07 Å². The van der Waals surface area contributed by atoms with Crippen LogP contribution in [0.25, 0.3) is 0 Å². The standard InChI is InChI=1S/C18H19N3O5S/c1-3-6-19-18-21-13(9-27-18)17(23)26-11(2)16(22)20-8-12-4-5-14-15(7-12)25-10-24-14/h3-5,7,9,11H,1,6,8,10H2,2H3,(H,19,21)(H,20,22)/t11-/m1/s1. The predicted octanol–water partition coefficient (Wildman–Crippen LogP) is 2.33. The summed E-state index contributed by atoms with van der Waals surface area (Å²) in [5.41, 5.74) is 1.01. The molecule has 1 aromatic heterocycles. The zero-order valence-corrected chi connectivity index (χ0v) is 15.5. The molecule has 1 aromatic carbocycles. The van der Waals surface area contributed by atoms with E-state index in [0.717, 1.165) is 5.56 Å². The van der Waals surface area contributed by atoms with Crippen molar-refractivity contribution in [3.8, 4) is 11.5 Å². The Morgan fingerprint density at radius 3 is 3.04 bits per heavy atom. The van der Waals surface area contributed by atoms with Crippen LogP contribution < -0.4 is 20.1 Å². The number of hydrogen-bond donors (Lipinski definition) is 2. The fourth-order valence-corrected chi connectivity index (χ4v) is 2.96. The van der Waals surface area contributed by atoms with Gasteiger partial charge in [-0.3, -0.25) is 4.79 Å². The summed E-state index contributed by atoms with van der Waals surface area (Å²) >= 11 is 1.28. The normalized spacial score (nSPS) is 12.9. The largest absolute Gasteiger partial charge is 0.454 e. The van der Waals surface area contributed by atoms with Crippen LogP contribution in [-0.2, 0) is 16.1 Å². The van der Waals surface area contributed by atoms with Gasteiger partial charge in [0.15, 0.2) is 28.4 Å². The second-order valence-corrected chi connectivity index (χ2v) is 6.52. The van der Waals surface area contributed by atoms with Gasteiger partial charge in [0.2, 0.25) is 6.79 Å². The minimum atomic E-state index is -0.946. The third-order valence-electron chi connectivity index (χ3n) is 3.67. The lowest BCUT2D eigenvalue weighted by molar-refractivity contribution is -0.129. The first-order valence-corrected chi connectivity index (χ1v) is 9.12. The van der Waals surface area contributed by atoms with Gasteiger partial charge in [0.25, 0.3) is 5.91 Å². The highest BCUT2D eigenvalue weighted by Gasteiger charge is 2.21. The lowest BCUT2D eigenvalue weighted by atomic mass is 10.2. The number of benzene rings is 1. The van der Waals surface area contributed by atoms with E-state index >= 15 is 0 Å². The summed E-state index contributed by atoms with van der Waals surface area (Å²) in [6, 6.07) is 5.41. The summed E-state index contributed by atoms with van der Waals surface area (Å²) in [4.78, 5) is 28.4. The number of ether oxygens (including phenoxy) is 3. The Morgan fingerprint density at radius 2 is 2.22 bits per heavy atom. The highest BCUT2D eigenvalue weighted by Crippen LogP contribution is 2.32. The predicted molar refractivity (Wildman–Crippen MR) is 100 cm³/mol. The maximum atomic E-state index is 12.2. The summed E-state index contributed by atoms with van der Waals surface area (Å²) in [6.45, 7) is 6.13.